The molecule has 1 saturated heterocycles. The summed E-state index contributed by atoms with van der Waals surface area (Å²) in [6.07, 6.45) is 1.72. The lowest BCUT2D eigenvalue weighted by Gasteiger charge is -2.16. The first kappa shape index (κ1) is 12.0. The van der Waals surface area contributed by atoms with Crippen molar-refractivity contribution in [1.82, 2.24) is 20.1 Å². The number of aromatic amines is 1. The van der Waals surface area contributed by atoms with Gasteiger partial charge in [0.05, 0.1) is 0 Å². The fourth-order valence-electron chi connectivity index (χ4n) is 2.09. The second-order valence-electron chi connectivity index (χ2n) is 4.62. The molecule has 1 amide bonds. The van der Waals surface area contributed by atoms with Gasteiger partial charge in [0.25, 0.3) is 5.91 Å². The highest BCUT2D eigenvalue weighted by Gasteiger charge is 2.30. The van der Waals surface area contributed by atoms with Gasteiger partial charge >= 0.3 is 0 Å². The lowest BCUT2D eigenvalue weighted by atomic mass is 10.0. The summed E-state index contributed by atoms with van der Waals surface area (Å²) in [5, 5.41) is 6.70. The highest BCUT2D eigenvalue weighted by Crippen LogP contribution is 2.19. The maximum Gasteiger partial charge on any atom is 0.293 e. The van der Waals surface area contributed by atoms with E-state index in [2.05, 4.69) is 15.2 Å². The van der Waals surface area contributed by atoms with E-state index in [0.29, 0.717) is 12.5 Å². The molecule has 6 nitrogen and oxygen atoms in total. The van der Waals surface area contributed by atoms with Gasteiger partial charge in [0.15, 0.2) is 0 Å². The number of nitrogens with two attached hydrogens (primary N) is 1. The van der Waals surface area contributed by atoms with Crippen molar-refractivity contribution < 1.29 is 4.79 Å². The fraction of sp³-hybridized carbons (Fsp3) is 0.727. The number of aryl methyl sites for hydroxylation is 1. The summed E-state index contributed by atoms with van der Waals surface area (Å²) < 4.78 is 0. The molecule has 2 atom stereocenters. The van der Waals surface area contributed by atoms with Crippen molar-refractivity contribution in [1.29, 1.82) is 0 Å². The van der Waals surface area contributed by atoms with E-state index in [1.54, 1.807) is 4.90 Å². The lowest BCUT2D eigenvalue weighted by Crippen LogP contribution is -2.33. The number of hydrogen-bond donors (Lipinski definition) is 2. The number of amides is 1. The average Bonchev–Trinajstić information content (AvgIpc) is 2.97. The zero-order valence-electron chi connectivity index (χ0n) is 10.3. The molecule has 2 unspecified atom stereocenters. The van der Waals surface area contributed by atoms with Crippen LogP contribution in [0.5, 0.6) is 0 Å². The molecule has 1 aromatic rings. The van der Waals surface area contributed by atoms with Crippen LogP contribution in [0.25, 0.3) is 0 Å². The highest BCUT2D eigenvalue weighted by atomic mass is 16.2. The normalized spacial score (nSPS) is 21.8. The second-order valence-corrected chi connectivity index (χ2v) is 4.62. The Morgan fingerprint density at radius 3 is 3.00 bits per heavy atom. The van der Waals surface area contributed by atoms with Crippen LogP contribution in [-0.4, -0.2) is 45.1 Å². The summed E-state index contributed by atoms with van der Waals surface area (Å²) in [5.41, 5.74) is 5.85. The molecule has 2 heterocycles. The van der Waals surface area contributed by atoms with Gasteiger partial charge in [0.2, 0.25) is 5.82 Å². The van der Waals surface area contributed by atoms with Crippen LogP contribution >= 0.6 is 0 Å². The van der Waals surface area contributed by atoms with Gasteiger partial charge in [-0.3, -0.25) is 9.89 Å². The zero-order valence-corrected chi connectivity index (χ0v) is 10.3. The Bertz CT molecular complexity index is 400. The second kappa shape index (κ2) is 4.83. The molecule has 1 aliphatic heterocycles. The summed E-state index contributed by atoms with van der Waals surface area (Å²) >= 11 is 0. The van der Waals surface area contributed by atoms with E-state index in [4.69, 9.17) is 5.73 Å². The number of H-pyrrole nitrogens is 1. The molecule has 0 bridgehead atoms. The molecule has 17 heavy (non-hydrogen) atoms. The molecule has 1 aromatic heterocycles. The molecule has 1 fully saturated rings. The standard InChI is InChI=1S/C11H19N5O/c1-3-9-13-10(15-14-9)11(17)16-5-4-8(6-16)7(2)12/h7-8H,3-6,12H2,1-2H3,(H,13,14,15). The Morgan fingerprint density at radius 1 is 1.71 bits per heavy atom. The van der Waals surface area contributed by atoms with E-state index in [1.165, 1.54) is 0 Å². The van der Waals surface area contributed by atoms with Crippen molar-refractivity contribution in [3.05, 3.63) is 11.6 Å². The molecular formula is C11H19N5O. The molecule has 0 aromatic carbocycles. The quantitative estimate of drug-likeness (QED) is 0.784. The van der Waals surface area contributed by atoms with Gasteiger partial charge in [-0.15, -0.1) is 5.10 Å². The number of carbonyl (C=O) groups is 1. The number of nitrogens with zero attached hydrogens (tertiary/aromatic N) is 3. The van der Waals surface area contributed by atoms with Crippen LogP contribution in [-0.2, 0) is 6.42 Å². The average molecular weight is 237 g/mol. The Labute approximate surface area is 101 Å². The SMILES string of the molecule is CCc1nc(C(=O)N2CCC(C(C)N)C2)n[nH]1. The van der Waals surface area contributed by atoms with Crippen molar-refractivity contribution in [3.8, 4) is 0 Å². The molecule has 0 spiro atoms. The van der Waals surface area contributed by atoms with Crippen LogP contribution in [0.4, 0.5) is 0 Å². The smallest absolute Gasteiger partial charge is 0.293 e. The van der Waals surface area contributed by atoms with Crippen LogP contribution in [0.15, 0.2) is 0 Å². The molecule has 1 aliphatic rings. The summed E-state index contributed by atoms with van der Waals surface area (Å²) in [6, 6.07) is 0.131. The van der Waals surface area contributed by atoms with Crippen LogP contribution in [0, 0.1) is 5.92 Å². The van der Waals surface area contributed by atoms with Gasteiger partial charge in [0, 0.05) is 25.6 Å². The molecule has 0 aliphatic carbocycles. The van der Waals surface area contributed by atoms with E-state index in [-0.39, 0.29) is 17.8 Å². The summed E-state index contributed by atoms with van der Waals surface area (Å²) in [6.45, 7) is 5.42. The molecule has 94 valence electrons. The minimum absolute atomic E-state index is 0.0934. The number of likely N-dealkylation sites (tertiary alicyclic amines) is 1. The van der Waals surface area contributed by atoms with Gasteiger partial charge in [-0.2, -0.15) is 0 Å². The van der Waals surface area contributed by atoms with Crippen LogP contribution in [0.1, 0.15) is 36.7 Å². The third-order valence-electron chi connectivity index (χ3n) is 3.31. The lowest BCUT2D eigenvalue weighted by molar-refractivity contribution is 0.0774. The molecular weight excluding hydrogens is 218 g/mol. The largest absolute Gasteiger partial charge is 0.336 e. The molecule has 6 heteroatoms. The molecule has 3 N–H and O–H groups in total. The highest BCUT2D eigenvalue weighted by molar-refractivity contribution is 5.90. The minimum atomic E-state index is -0.0934. The maximum absolute atomic E-state index is 12.1. The van der Waals surface area contributed by atoms with Gasteiger partial charge in [-0.25, -0.2) is 4.98 Å². The van der Waals surface area contributed by atoms with Crippen molar-refractivity contribution in [2.75, 3.05) is 13.1 Å². The topological polar surface area (TPSA) is 87.9 Å². The van der Waals surface area contributed by atoms with Crippen LogP contribution < -0.4 is 5.73 Å². The zero-order chi connectivity index (χ0) is 12.4. The third kappa shape index (κ3) is 2.46. The summed E-state index contributed by atoms with van der Waals surface area (Å²) in [7, 11) is 0. The number of hydrogen-bond acceptors (Lipinski definition) is 4. The minimum Gasteiger partial charge on any atom is -0.336 e. The maximum atomic E-state index is 12.1. The van der Waals surface area contributed by atoms with Crippen molar-refractivity contribution in [2.24, 2.45) is 11.7 Å². The molecule has 0 radical (unpaired) electrons. The van der Waals surface area contributed by atoms with E-state index >= 15 is 0 Å². The van der Waals surface area contributed by atoms with Crippen molar-refractivity contribution >= 4 is 5.91 Å². The predicted molar refractivity (Wildman–Crippen MR) is 63.4 cm³/mol. The number of aromatic nitrogens is 3. The van der Waals surface area contributed by atoms with E-state index < -0.39 is 0 Å². The summed E-state index contributed by atoms with van der Waals surface area (Å²) in [4.78, 5) is 18.0. The Kier molecular flexibility index (Phi) is 3.42. The number of rotatable bonds is 3. The molecule has 0 saturated carbocycles. The first-order chi connectivity index (χ1) is 8.11. The van der Waals surface area contributed by atoms with Crippen molar-refractivity contribution in [2.45, 2.75) is 32.7 Å². The Morgan fingerprint density at radius 2 is 2.47 bits per heavy atom. The van der Waals surface area contributed by atoms with Gasteiger partial charge in [0.1, 0.15) is 5.82 Å². The Hall–Kier alpha value is -1.43. The van der Waals surface area contributed by atoms with Crippen LogP contribution in [0.2, 0.25) is 0 Å². The predicted octanol–water partition coefficient (Wildman–Crippen LogP) is 0.176. The Balaban J connectivity index is 2.01. The van der Waals surface area contributed by atoms with E-state index in [1.807, 2.05) is 13.8 Å². The van der Waals surface area contributed by atoms with Crippen LogP contribution in [0.3, 0.4) is 0 Å². The van der Waals surface area contributed by atoms with Gasteiger partial charge < -0.3 is 10.6 Å². The van der Waals surface area contributed by atoms with Gasteiger partial charge in [-0.1, -0.05) is 6.92 Å². The fourth-order valence-corrected chi connectivity index (χ4v) is 2.09. The first-order valence-corrected chi connectivity index (χ1v) is 6.08. The van der Waals surface area contributed by atoms with Crippen molar-refractivity contribution in [3.63, 3.8) is 0 Å². The number of carbonyl (C=O) groups excluding carboxylic acids is 1. The first-order valence-electron chi connectivity index (χ1n) is 6.08. The van der Waals surface area contributed by atoms with Gasteiger partial charge in [-0.05, 0) is 19.3 Å². The third-order valence-corrected chi connectivity index (χ3v) is 3.31. The summed E-state index contributed by atoms with van der Waals surface area (Å²) in [5.74, 6) is 1.32. The van der Waals surface area contributed by atoms with E-state index in [0.717, 1.165) is 25.2 Å². The monoisotopic (exact) mass is 237 g/mol. The van der Waals surface area contributed by atoms with E-state index in [9.17, 15) is 4.79 Å². The molecule has 2 rings (SSSR count). The number of nitrogens with one attached hydrogen (secondary N) is 1.